The van der Waals surface area contributed by atoms with Gasteiger partial charge in [-0.05, 0) is 34.1 Å². The third-order valence-corrected chi connectivity index (χ3v) is 3.36. The maximum atomic E-state index is 13.9. The number of pyridine rings is 1. The lowest BCUT2D eigenvalue weighted by Gasteiger charge is -2.14. The summed E-state index contributed by atoms with van der Waals surface area (Å²) < 4.78 is 51.4. The highest BCUT2D eigenvalue weighted by Crippen LogP contribution is 2.30. The molecule has 0 saturated heterocycles. The van der Waals surface area contributed by atoms with E-state index in [2.05, 4.69) is 20.9 Å². The lowest BCUT2D eigenvalue weighted by molar-refractivity contribution is -0.137. The average molecular weight is 349 g/mol. The van der Waals surface area contributed by atoms with Gasteiger partial charge in [-0.2, -0.15) is 13.2 Å². The number of halogens is 5. The molecule has 1 aromatic carbocycles. The Morgan fingerprint density at radius 3 is 2.40 bits per heavy atom. The summed E-state index contributed by atoms with van der Waals surface area (Å²) in [4.78, 5) is 3.67. The molecule has 0 spiro atoms. The molecule has 20 heavy (non-hydrogen) atoms. The van der Waals surface area contributed by atoms with Gasteiger partial charge in [0, 0.05) is 11.8 Å². The Kier molecular flexibility index (Phi) is 4.10. The van der Waals surface area contributed by atoms with Crippen LogP contribution in [0.15, 0.2) is 41.0 Å². The molecule has 0 aliphatic carbocycles. The van der Waals surface area contributed by atoms with Gasteiger partial charge in [0.15, 0.2) is 0 Å². The monoisotopic (exact) mass is 348 g/mol. The van der Waals surface area contributed by atoms with Crippen molar-refractivity contribution in [3.05, 3.63) is 63.6 Å². The molecule has 1 heterocycles. The number of aromatic nitrogens is 1. The lowest BCUT2D eigenvalue weighted by atomic mass is 10.0. The van der Waals surface area contributed by atoms with Gasteiger partial charge in [0.1, 0.15) is 5.82 Å². The fraction of sp³-hybridized carbons (Fsp3) is 0.154. The minimum absolute atomic E-state index is 0.159. The number of hydrogen-bond donors (Lipinski definition) is 1. The van der Waals surface area contributed by atoms with Crippen molar-refractivity contribution in [1.29, 1.82) is 0 Å². The highest BCUT2D eigenvalue weighted by molar-refractivity contribution is 9.10. The van der Waals surface area contributed by atoms with E-state index >= 15 is 0 Å². The van der Waals surface area contributed by atoms with Crippen LogP contribution in [-0.4, -0.2) is 4.98 Å². The predicted molar refractivity (Wildman–Crippen MR) is 69.4 cm³/mol. The Labute approximate surface area is 120 Å². The number of hydrogen-bond acceptors (Lipinski definition) is 2. The Hall–Kier alpha value is -1.47. The van der Waals surface area contributed by atoms with Crippen molar-refractivity contribution < 1.29 is 17.6 Å². The maximum absolute atomic E-state index is 13.9. The highest BCUT2D eigenvalue weighted by atomic mass is 79.9. The minimum Gasteiger partial charge on any atom is -0.319 e. The van der Waals surface area contributed by atoms with Gasteiger partial charge in [0.05, 0.1) is 21.8 Å². The van der Waals surface area contributed by atoms with E-state index in [1.807, 2.05) is 0 Å². The second kappa shape index (κ2) is 5.49. The Morgan fingerprint density at radius 1 is 1.15 bits per heavy atom. The summed E-state index contributed by atoms with van der Waals surface area (Å²) >= 11 is 3.02. The van der Waals surface area contributed by atoms with E-state index in [9.17, 15) is 17.6 Å². The van der Waals surface area contributed by atoms with Crippen molar-refractivity contribution in [3.8, 4) is 0 Å². The molecule has 2 N–H and O–H groups in total. The number of benzene rings is 1. The SMILES string of the molecule is NC(c1ccc(C(F)(F)F)cn1)c1cccc(Br)c1F. The van der Waals surface area contributed by atoms with Crippen LogP contribution in [0.2, 0.25) is 0 Å². The van der Waals surface area contributed by atoms with Crippen LogP contribution in [0.3, 0.4) is 0 Å². The number of rotatable bonds is 2. The first-order valence-electron chi connectivity index (χ1n) is 5.53. The van der Waals surface area contributed by atoms with E-state index < -0.39 is 23.6 Å². The average Bonchev–Trinajstić information content (AvgIpc) is 2.40. The summed E-state index contributed by atoms with van der Waals surface area (Å²) in [6.45, 7) is 0. The molecule has 7 heteroatoms. The van der Waals surface area contributed by atoms with Crippen molar-refractivity contribution in [2.24, 2.45) is 5.73 Å². The van der Waals surface area contributed by atoms with Crippen molar-refractivity contribution in [1.82, 2.24) is 4.98 Å². The molecule has 0 amide bonds. The molecule has 0 aliphatic rings. The van der Waals surface area contributed by atoms with Gasteiger partial charge in [-0.3, -0.25) is 4.98 Å². The Bertz CT molecular complexity index is 611. The molecule has 2 nitrogen and oxygen atoms in total. The lowest BCUT2D eigenvalue weighted by Crippen LogP contribution is -2.16. The number of nitrogens with two attached hydrogens (primary N) is 1. The standard InChI is InChI=1S/C13H9BrF4N2/c14-9-3-1-2-8(11(9)15)12(19)10-5-4-7(6-20-10)13(16,17)18/h1-6,12H,19H2. The summed E-state index contributed by atoms with van der Waals surface area (Å²) in [5.41, 5.74) is 5.29. The fourth-order valence-corrected chi connectivity index (χ4v) is 2.06. The maximum Gasteiger partial charge on any atom is 0.417 e. The summed E-state index contributed by atoms with van der Waals surface area (Å²) in [6, 6.07) is 5.64. The summed E-state index contributed by atoms with van der Waals surface area (Å²) in [5, 5.41) is 0. The summed E-state index contributed by atoms with van der Waals surface area (Å²) in [7, 11) is 0. The van der Waals surface area contributed by atoms with E-state index in [1.54, 1.807) is 6.07 Å². The topological polar surface area (TPSA) is 38.9 Å². The van der Waals surface area contributed by atoms with Crippen LogP contribution < -0.4 is 5.73 Å². The Morgan fingerprint density at radius 2 is 1.85 bits per heavy atom. The van der Waals surface area contributed by atoms with Crippen molar-refractivity contribution in [3.63, 3.8) is 0 Å². The molecule has 2 aromatic rings. The van der Waals surface area contributed by atoms with Gasteiger partial charge in [0.25, 0.3) is 0 Å². The third-order valence-electron chi connectivity index (χ3n) is 2.75. The van der Waals surface area contributed by atoms with Crippen LogP contribution in [0.1, 0.15) is 22.9 Å². The normalized spacial score (nSPS) is 13.3. The molecule has 106 valence electrons. The molecule has 0 radical (unpaired) electrons. The van der Waals surface area contributed by atoms with Gasteiger partial charge < -0.3 is 5.73 Å². The van der Waals surface area contributed by atoms with Gasteiger partial charge in [-0.15, -0.1) is 0 Å². The van der Waals surface area contributed by atoms with Crippen molar-refractivity contribution in [2.45, 2.75) is 12.2 Å². The predicted octanol–water partition coefficient (Wildman–Crippen LogP) is 4.05. The van der Waals surface area contributed by atoms with Crippen LogP contribution in [0.4, 0.5) is 17.6 Å². The molecular weight excluding hydrogens is 340 g/mol. The van der Waals surface area contributed by atoms with E-state index in [-0.39, 0.29) is 15.7 Å². The number of alkyl halides is 3. The summed E-state index contributed by atoms with van der Waals surface area (Å²) in [6.07, 6.45) is -3.78. The molecular formula is C13H9BrF4N2. The van der Waals surface area contributed by atoms with Gasteiger partial charge in [-0.25, -0.2) is 4.39 Å². The molecule has 1 unspecified atom stereocenters. The molecule has 1 atom stereocenters. The minimum atomic E-state index is -4.46. The van der Waals surface area contributed by atoms with Crippen LogP contribution in [0.25, 0.3) is 0 Å². The first-order valence-corrected chi connectivity index (χ1v) is 6.32. The smallest absolute Gasteiger partial charge is 0.319 e. The zero-order valence-electron chi connectivity index (χ0n) is 9.96. The zero-order valence-corrected chi connectivity index (χ0v) is 11.5. The fourth-order valence-electron chi connectivity index (χ4n) is 1.68. The Balaban J connectivity index is 2.34. The van der Waals surface area contributed by atoms with Crippen LogP contribution >= 0.6 is 15.9 Å². The second-order valence-corrected chi connectivity index (χ2v) is 4.94. The largest absolute Gasteiger partial charge is 0.417 e. The van der Waals surface area contributed by atoms with E-state index in [0.717, 1.165) is 12.1 Å². The van der Waals surface area contributed by atoms with Gasteiger partial charge in [0.2, 0.25) is 0 Å². The van der Waals surface area contributed by atoms with Gasteiger partial charge in [-0.1, -0.05) is 12.1 Å². The first-order chi connectivity index (χ1) is 9.30. The van der Waals surface area contributed by atoms with E-state index in [1.165, 1.54) is 12.1 Å². The van der Waals surface area contributed by atoms with Gasteiger partial charge >= 0.3 is 6.18 Å². The zero-order chi connectivity index (χ0) is 14.9. The van der Waals surface area contributed by atoms with Crippen LogP contribution in [0, 0.1) is 5.82 Å². The van der Waals surface area contributed by atoms with Crippen molar-refractivity contribution >= 4 is 15.9 Å². The van der Waals surface area contributed by atoms with Crippen LogP contribution in [-0.2, 0) is 6.18 Å². The van der Waals surface area contributed by atoms with Crippen molar-refractivity contribution in [2.75, 3.05) is 0 Å². The molecule has 0 saturated carbocycles. The van der Waals surface area contributed by atoms with Crippen LogP contribution in [0.5, 0.6) is 0 Å². The summed E-state index contributed by atoms with van der Waals surface area (Å²) in [5.74, 6) is -0.554. The molecule has 2 rings (SSSR count). The quantitative estimate of drug-likeness (QED) is 0.831. The van der Waals surface area contributed by atoms with E-state index in [0.29, 0.717) is 6.20 Å². The first kappa shape index (κ1) is 14.9. The number of nitrogens with zero attached hydrogens (tertiary/aromatic N) is 1. The van der Waals surface area contributed by atoms with E-state index in [4.69, 9.17) is 5.73 Å². The highest BCUT2D eigenvalue weighted by Gasteiger charge is 2.31. The molecule has 1 aromatic heterocycles. The second-order valence-electron chi connectivity index (χ2n) is 4.09. The molecule has 0 fully saturated rings. The molecule has 0 bridgehead atoms. The third kappa shape index (κ3) is 2.99. The molecule has 0 aliphatic heterocycles.